The van der Waals surface area contributed by atoms with Crippen LogP contribution in [0.3, 0.4) is 0 Å². The SMILES string of the molecule is CN(C)S(=O)(=O)c1ccc(OCCOC(=O)c2sccc2-n2cnnn2)cc1. The van der Waals surface area contributed by atoms with Gasteiger partial charge in [-0.3, -0.25) is 0 Å². The Labute approximate surface area is 165 Å². The molecule has 0 radical (unpaired) electrons. The Hall–Kier alpha value is -2.83. The van der Waals surface area contributed by atoms with Gasteiger partial charge in [-0.25, -0.2) is 17.5 Å². The van der Waals surface area contributed by atoms with Gasteiger partial charge < -0.3 is 9.47 Å². The van der Waals surface area contributed by atoms with E-state index in [4.69, 9.17) is 9.47 Å². The number of aromatic nitrogens is 4. The lowest BCUT2D eigenvalue weighted by atomic mass is 10.3. The van der Waals surface area contributed by atoms with Gasteiger partial charge in [0.25, 0.3) is 0 Å². The topological polar surface area (TPSA) is 117 Å². The van der Waals surface area contributed by atoms with Crippen molar-refractivity contribution >= 4 is 27.3 Å². The fraction of sp³-hybridized carbons (Fsp3) is 0.250. The van der Waals surface area contributed by atoms with E-state index in [9.17, 15) is 13.2 Å². The second-order valence-electron chi connectivity index (χ2n) is 5.63. The molecule has 0 atom stereocenters. The molecule has 0 N–H and O–H groups in total. The van der Waals surface area contributed by atoms with Crippen LogP contribution >= 0.6 is 11.3 Å². The lowest BCUT2D eigenvalue weighted by Crippen LogP contribution is -2.22. The first-order valence-electron chi connectivity index (χ1n) is 8.03. The highest BCUT2D eigenvalue weighted by atomic mass is 32.2. The van der Waals surface area contributed by atoms with Crippen LogP contribution in [0.1, 0.15) is 9.67 Å². The molecule has 0 fully saturated rings. The zero-order chi connectivity index (χ0) is 20.1. The van der Waals surface area contributed by atoms with E-state index in [-0.39, 0.29) is 18.1 Å². The molecular weight excluding hydrogens is 406 g/mol. The number of tetrazole rings is 1. The summed E-state index contributed by atoms with van der Waals surface area (Å²) in [6.45, 7) is 0.153. The lowest BCUT2D eigenvalue weighted by molar-refractivity contribution is 0.0456. The van der Waals surface area contributed by atoms with Crippen LogP contribution in [-0.2, 0) is 14.8 Å². The highest BCUT2D eigenvalue weighted by molar-refractivity contribution is 7.89. The molecule has 1 aromatic carbocycles. The third-order valence-electron chi connectivity index (χ3n) is 3.61. The van der Waals surface area contributed by atoms with Gasteiger partial charge in [0.15, 0.2) is 0 Å². The molecule has 0 aliphatic heterocycles. The minimum atomic E-state index is -3.48. The number of esters is 1. The van der Waals surface area contributed by atoms with Crippen LogP contribution in [0.2, 0.25) is 0 Å². The number of hydrogen-bond acceptors (Lipinski definition) is 9. The molecule has 0 bridgehead atoms. The zero-order valence-corrected chi connectivity index (χ0v) is 16.7. The standard InChI is InChI=1S/C16H17N5O5S2/c1-20(2)28(23,24)13-5-3-12(4-6-13)25-8-9-26-16(22)15-14(7-10-27-15)21-11-17-18-19-21/h3-7,10-11H,8-9H2,1-2H3. The van der Waals surface area contributed by atoms with Crippen molar-refractivity contribution in [1.29, 1.82) is 0 Å². The summed E-state index contributed by atoms with van der Waals surface area (Å²) in [7, 11) is -0.555. The third-order valence-corrected chi connectivity index (χ3v) is 6.33. The van der Waals surface area contributed by atoms with E-state index in [1.54, 1.807) is 23.6 Å². The van der Waals surface area contributed by atoms with Gasteiger partial charge in [-0.15, -0.1) is 16.4 Å². The number of sulfonamides is 1. The van der Waals surface area contributed by atoms with Gasteiger partial charge in [-0.05, 0) is 46.1 Å². The molecule has 10 nitrogen and oxygen atoms in total. The average molecular weight is 423 g/mol. The van der Waals surface area contributed by atoms with Crippen LogP contribution in [0.15, 0.2) is 46.9 Å². The molecule has 3 aromatic rings. The summed E-state index contributed by atoms with van der Waals surface area (Å²) < 4.78 is 37.3. The summed E-state index contributed by atoms with van der Waals surface area (Å²) in [6.07, 6.45) is 1.39. The van der Waals surface area contributed by atoms with E-state index in [0.717, 1.165) is 4.31 Å². The Balaban J connectivity index is 1.51. The number of carbonyl (C=O) groups excluding carboxylic acids is 1. The number of nitrogens with zero attached hydrogens (tertiary/aromatic N) is 5. The quantitative estimate of drug-likeness (QED) is 0.392. The van der Waals surface area contributed by atoms with Crippen molar-refractivity contribution in [2.24, 2.45) is 0 Å². The van der Waals surface area contributed by atoms with Crippen molar-refractivity contribution in [3.05, 3.63) is 46.9 Å². The second kappa shape index (κ2) is 8.46. The first kappa shape index (κ1) is 19.9. The molecule has 0 unspecified atom stereocenters. The van der Waals surface area contributed by atoms with Crippen molar-refractivity contribution < 1.29 is 22.7 Å². The van der Waals surface area contributed by atoms with Gasteiger partial charge in [-0.1, -0.05) is 0 Å². The van der Waals surface area contributed by atoms with Crippen LogP contribution in [0.25, 0.3) is 5.69 Å². The van der Waals surface area contributed by atoms with Crippen LogP contribution in [0.5, 0.6) is 5.75 Å². The van der Waals surface area contributed by atoms with E-state index < -0.39 is 16.0 Å². The Morgan fingerprint density at radius 1 is 1.18 bits per heavy atom. The molecule has 2 aromatic heterocycles. The van der Waals surface area contributed by atoms with Crippen LogP contribution in [-0.4, -0.2) is 66.2 Å². The maximum absolute atomic E-state index is 12.2. The lowest BCUT2D eigenvalue weighted by Gasteiger charge is -2.12. The van der Waals surface area contributed by atoms with Crippen LogP contribution < -0.4 is 4.74 Å². The fourth-order valence-corrected chi connectivity index (χ4v) is 3.86. The molecule has 0 saturated heterocycles. The van der Waals surface area contributed by atoms with Crippen molar-refractivity contribution in [2.75, 3.05) is 27.3 Å². The minimum Gasteiger partial charge on any atom is -0.490 e. The third kappa shape index (κ3) is 4.35. The van der Waals surface area contributed by atoms with Gasteiger partial charge in [0.2, 0.25) is 10.0 Å². The Morgan fingerprint density at radius 3 is 2.57 bits per heavy atom. The normalized spacial score (nSPS) is 11.5. The first-order chi connectivity index (χ1) is 13.4. The van der Waals surface area contributed by atoms with E-state index in [1.165, 1.54) is 48.6 Å². The number of carbonyl (C=O) groups is 1. The predicted molar refractivity (Wildman–Crippen MR) is 100 cm³/mol. The van der Waals surface area contributed by atoms with Crippen molar-refractivity contribution in [2.45, 2.75) is 4.90 Å². The maximum atomic E-state index is 12.2. The van der Waals surface area contributed by atoms with Gasteiger partial charge in [0, 0.05) is 14.1 Å². The van der Waals surface area contributed by atoms with Crippen LogP contribution in [0, 0.1) is 0 Å². The number of rotatable bonds is 8. The second-order valence-corrected chi connectivity index (χ2v) is 8.70. The molecule has 0 aliphatic carbocycles. The summed E-state index contributed by atoms with van der Waals surface area (Å²) >= 11 is 1.22. The summed E-state index contributed by atoms with van der Waals surface area (Å²) in [4.78, 5) is 12.8. The molecular formula is C16H17N5O5S2. The van der Waals surface area contributed by atoms with Gasteiger partial charge in [0.05, 0.1) is 10.6 Å². The van der Waals surface area contributed by atoms with E-state index in [1.807, 2.05) is 0 Å². The average Bonchev–Trinajstić information content (AvgIpc) is 3.36. The maximum Gasteiger partial charge on any atom is 0.350 e. The van der Waals surface area contributed by atoms with E-state index in [0.29, 0.717) is 16.3 Å². The smallest absolute Gasteiger partial charge is 0.350 e. The summed E-state index contributed by atoms with van der Waals surface area (Å²) in [6, 6.07) is 7.74. The highest BCUT2D eigenvalue weighted by Crippen LogP contribution is 2.21. The van der Waals surface area contributed by atoms with Gasteiger partial charge in [0.1, 0.15) is 30.2 Å². The largest absolute Gasteiger partial charge is 0.490 e. The number of benzene rings is 1. The molecule has 12 heteroatoms. The zero-order valence-electron chi connectivity index (χ0n) is 15.0. The number of ether oxygens (including phenoxy) is 2. The Kier molecular flexibility index (Phi) is 6.02. The minimum absolute atomic E-state index is 0.0313. The fourth-order valence-electron chi connectivity index (χ4n) is 2.19. The summed E-state index contributed by atoms with van der Waals surface area (Å²) in [5.74, 6) is -0.0317. The molecule has 148 valence electrons. The Bertz CT molecular complexity index is 1030. The van der Waals surface area contributed by atoms with Crippen LogP contribution in [0.4, 0.5) is 0 Å². The molecule has 0 aliphatic rings. The number of thiophene rings is 1. The number of hydrogen-bond donors (Lipinski definition) is 0. The monoisotopic (exact) mass is 423 g/mol. The Morgan fingerprint density at radius 2 is 1.93 bits per heavy atom. The van der Waals surface area contributed by atoms with E-state index >= 15 is 0 Å². The van der Waals surface area contributed by atoms with Gasteiger partial charge >= 0.3 is 5.97 Å². The van der Waals surface area contributed by atoms with Crippen molar-refractivity contribution in [3.63, 3.8) is 0 Å². The first-order valence-corrected chi connectivity index (χ1v) is 10.3. The van der Waals surface area contributed by atoms with E-state index in [2.05, 4.69) is 15.5 Å². The molecule has 2 heterocycles. The molecule has 3 rings (SSSR count). The summed E-state index contributed by atoms with van der Waals surface area (Å²) in [5.41, 5.74) is 0.540. The molecule has 0 amide bonds. The molecule has 0 saturated carbocycles. The van der Waals surface area contributed by atoms with Crippen molar-refractivity contribution in [1.82, 2.24) is 24.5 Å². The molecule has 0 spiro atoms. The molecule has 28 heavy (non-hydrogen) atoms. The summed E-state index contributed by atoms with van der Waals surface area (Å²) in [5, 5.41) is 12.6. The van der Waals surface area contributed by atoms with Gasteiger partial charge in [-0.2, -0.15) is 4.68 Å². The predicted octanol–water partition coefficient (Wildman–Crippen LogP) is 1.21. The highest BCUT2D eigenvalue weighted by Gasteiger charge is 2.18. The van der Waals surface area contributed by atoms with Crippen molar-refractivity contribution in [3.8, 4) is 11.4 Å².